The van der Waals surface area contributed by atoms with Crippen molar-refractivity contribution in [2.24, 2.45) is 0 Å². The van der Waals surface area contributed by atoms with E-state index in [0.29, 0.717) is 0 Å². The van der Waals surface area contributed by atoms with Crippen molar-refractivity contribution in [3.05, 3.63) is 36.5 Å². The Bertz CT molecular complexity index is 175. The Hall–Kier alpha value is -1.22. The molecule has 52 valence electrons. The van der Waals surface area contributed by atoms with Crippen LogP contribution in [-0.2, 0) is 0 Å². The summed E-state index contributed by atoms with van der Waals surface area (Å²) in [6, 6.07) is 0. The van der Waals surface area contributed by atoms with Crippen LogP contribution < -0.4 is 0 Å². The lowest BCUT2D eigenvalue weighted by Crippen LogP contribution is -1.55. The van der Waals surface area contributed by atoms with Crippen molar-refractivity contribution in [3.8, 4) is 12.3 Å². The quantitative estimate of drug-likeness (QED) is 0.409. The predicted molar refractivity (Wildman–Crippen MR) is 46.5 cm³/mol. The third-order valence-corrected chi connectivity index (χ3v) is 0.926. The smallest absolute Gasteiger partial charge is 0.0157 e. The van der Waals surface area contributed by atoms with E-state index in [1.807, 2.05) is 37.3 Å². The van der Waals surface area contributed by atoms with Crippen molar-refractivity contribution in [3.63, 3.8) is 0 Å². The minimum absolute atomic E-state index is 0.911. The zero-order chi connectivity index (χ0) is 7.66. The van der Waals surface area contributed by atoms with Gasteiger partial charge >= 0.3 is 0 Å². The normalized spacial score (nSPS) is 11.6. The maximum absolute atomic E-state index is 4.99. The maximum Gasteiger partial charge on any atom is -0.0157 e. The van der Waals surface area contributed by atoms with Crippen LogP contribution >= 0.6 is 0 Å². The third kappa shape index (κ3) is 6.78. The fourth-order valence-electron chi connectivity index (χ4n) is 0.483. The summed E-state index contributed by atoms with van der Waals surface area (Å²) >= 11 is 0. The molecule has 0 saturated carbocycles. The van der Waals surface area contributed by atoms with Gasteiger partial charge in [-0.2, -0.15) is 0 Å². The Balaban J connectivity index is 3.37. The van der Waals surface area contributed by atoms with Crippen LogP contribution in [0, 0.1) is 12.3 Å². The lowest BCUT2D eigenvalue weighted by molar-refractivity contribution is 1.40. The van der Waals surface area contributed by atoms with E-state index in [1.54, 1.807) is 6.08 Å². The summed E-state index contributed by atoms with van der Waals surface area (Å²) in [5, 5.41) is 0. The van der Waals surface area contributed by atoms with Gasteiger partial charge in [-0.25, -0.2) is 0 Å². The largest absolute Gasteiger partial charge is 0.115 e. The van der Waals surface area contributed by atoms with Gasteiger partial charge in [0.2, 0.25) is 0 Å². The summed E-state index contributed by atoms with van der Waals surface area (Å²) in [5.74, 6) is 2.43. The Morgan fingerprint density at radius 1 is 1.30 bits per heavy atom. The van der Waals surface area contributed by atoms with E-state index in [1.165, 1.54) is 0 Å². The second kappa shape index (κ2) is 7.78. The van der Waals surface area contributed by atoms with Crippen LogP contribution in [0.4, 0.5) is 0 Å². The molecule has 0 unspecified atom stereocenters. The topological polar surface area (TPSA) is 0 Å². The molecule has 0 heteroatoms. The first kappa shape index (κ1) is 8.78. The molecule has 0 atom stereocenters. The summed E-state index contributed by atoms with van der Waals surface area (Å²) in [4.78, 5) is 0. The molecule has 0 aromatic rings. The Morgan fingerprint density at radius 3 is 2.70 bits per heavy atom. The fraction of sp³-hybridized carbons (Fsp3) is 0.200. The van der Waals surface area contributed by atoms with Crippen LogP contribution in [0.1, 0.15) is 13.3 Å². The zero-order valence-electron chi connectivity index (χ0n) is 6.25. The van der Waals surface area contributed by atoms with Gasteiger partial charge in [-0.05, 0) is 19.4 Å². The SMILES string of the molecule is C#CC=CCC=CC=CC. The minimum atomic E-state index is 0.911. The molecule has 0 aliphatic rings. The summed E-state index contributed by atoms with van der Waals surface area (Å²) in [6.07, 6.45) is 17.6. The van der Waals surface area contributed by atoms with E-state index in [-0.39, 0.29) is 0 Å². The average Bonchev–Trinajstić information content (AvgIpc) is 1.97. The van der Waals surface area contributed by atoms with Crippen molar-refractivity contribution in [1.29, 1.82) is 0 Å². The molecule has 0 spiro atoms. The fourth-order valence-corrected chi connectivity index (χ4v) is 0.483. The number of rotatable bonds is 3. The highest BCUT2D eigenvalue weighted by Gasteiger charge is 1.65. The van der Waals surface area contributed by atoms with Crippen molar-refractivity contribution in [1.82, 2.24) is 0 Å². The standard InChI is InChI=1S/C10H12/c1-3-5-7-9-10-8-6-4-2/h1,4-8,10H,9H2,2H3. The number of hydrogen-bond donors (Lipinski definition) is 0. The average molecular weight is 132 g/mol. The van der Waals surface area contributed by atoms with Gasteiger partial charge < -0.3 is 0 Å². The predicted octanol–water partition coefficient (Wildman–Crippen LogP) is 2.70. The lowest BCUT2D eigenvalue weighted by Gasteiger charge is -1.75. The zero-order valence-corrected chi connectivity index (χ0v) is 6.25. The number of allylic oxidation sites excluding steroid dienone is 6. The first-order valence-electron chi connectivity index (χ1n) is 3.30. The molecule has 0 bridgehead atoms. The number of terminal acetylenes is 1. The molecule has 0 saturated heterocycles. The molecule has 0 rings (SSSR count). The van der Waals surface area contributed by atoms with Crippen molar-refractivity contribution in [2.75, 3.05) is 0 Å². The van der Waals surface area contributed by atoms with Gasteiger partial charge in [-0.15, -0.1) is 6.42 Å². The van der Waals surface area contributed by atoms with E-state index in [4.69, 9.17) is 6.42 Å². The van der Waals surface area contributed by atoms with Crippen LogP contribution in [0.2, 0.25) is 0 Å². The van der Waals surface area contributed by atoms with E-state index >= 15 is 0 Å². The maximum atomic E-state index is 4.99. The molecule has 0 aromatic heterocycles. The molecule has 0 heterocycles. The van der Waals surface area contributed by atoms with Crippen LogP contribution in [0.5, 0.6) is 0 Å². The van der Waals surface area contributed by atoms with Gasteiger partial charge in [-0.3, -0.25) is 0 Å². The Kier molecular flexibility index (Phi) is 6.83. The molecule has 0 amide bonds. The molecule has 0 aromatic carbocycles. The second-order valence-corrected chi connectivity index (χ2v) is 1.76. The third-order valence-electron chi connectivity index (χ3n) is 0.926. The first-order chi connectivity index (χ1) is 4.91. The van der Waals surface area contributed by atoms with Crippen molar-refractivity contribution in [2.45, 2.75) is 13.3 Å². The van der Waals surface area contributed by atoms with E-state index in [0.717, 1.165) is 6.42 Å². The van der Waals surface area contributed by atoms with E-state index in [2.05, 4.69) is 5.92 Å². The Morgan fingerprint density at radius 2 is 2.10 bits per heavy atom. The highest BCUT2D eigenvalue weighted by Crippen LogP contribution is 1.85. The lowest BCUT2D eigenvalue weighted by atomic mass is 10.3. The van der Waals surface area contributed by atoms with Crippen molar-refractivity contribution >= 4 is 0 Å². The summed E-state index contributed by atoms with van der Waals surface area (Å²) in [6.45, 7) is 1.99. The summed E-state index contributed by atoms with van der Waals surface area (Å²) in [7, 11) is 0. The van der Waals surface area contributed by atoms with Gasteiger partial charge in [0.1, 0.15) is 0 Å². The highest BCUT2D eigenvalue weighted by molar-refractivity contribution is 5.11. The first-order valence-corrected chi connectivity index (χ1v) is 3.30. The van der Waals surface area contributed by atoms with Gasteiger partial charge in [0.15, 0.2) is 0 Å². The molecule has 0 fully saturated rings. The van der Waals surface area contributed by atoms with Gasteiger partial charge in [-0.1, -0.05) is 36.3 Å². The van der Waals surface area contributed by atoms with Crippen LogP contribution in [0.15, 0.2) is 36.5 Å². The molecular formula is C10H12. The molecular weight excluding hydrogens is 120 g/mol. The molecule has 0 radical (unpaired) electrons. The Labute approximate surface area is 63.0 Å². The summed E-state index contributed by atoms with van der Waals surface area (Å²) in [5.41, 5.74) is 0. The van der Waals surface area contributed by atoms with E-state index < -0.39 is 0 Å². The molecule has 0 N–H and O–H groups in total. The number of hydrogen-bond acceptors (Lipinski definition) is 0. The van der Waals surface area contributed by atoms with Gasteiger partial charge in [0.25, 0.3) is 0 Å². The summed E-state index contributed by atoms with van der Waals surface area (Å²) < 4.78 is 0. The van der Waals surface area contributed by atoms with Crippen LogP contribution in [-0.4, -0.2) is 0 Å². The van der Waals surface area contributed by atoms with Crippen molar-refractivity contribution < 1.29 is 0 Å². The monoisotopic (exact) mass is 132 g/mol. The van der Waals surface area contributed by atoms with Crippen LogP contribution in [0.25, 0.3) is 0 Å². The van der Waals surface area contributed by atoms with Gasteiger partial charge in [0, 0.05) is 0 Å². The molecule has 10 heavy (non-hydrogen) atoms. The molecule has 0 aliphatic carbocycles. The van der Waals surface area contributed by atoms with E-state index in [9.17, 15) is 0 Å². The highest BCUT2D eigenvalue weighted by atomic mass is 13.7. The molecule has 0 aliphatic heterocycles. The molecule has 0 nitrogen and oxygen atoms in total. The second-order valence-electron chi connectivity index (χ2n) is 1.76. The van der Waals surface area contributed by atoms with Crippen LogP contribution in [0.3, 0.4) is 0 Å². The van der Waals surface area contributed by atoms with Gasteiger partial charge in [0.05, 0.1) is 0 Å². The minimum Gasteiger partial charge on any atom is -0.115 e.